The van der Waals surface area contributed by atoms with E-state index in [-0.39, 0.29) is 10.0 Å². The molecule has 0 bridgehead atoms. The third-order valence-corrected chi connectivity index (χ3v) is 5.18. The first-order valence-electron chi connectivity index (χ1n) is 5.51. The van der Waals surface area contributed by atoms with Gasteiger partial charge < -0.3 is 5.32 Å². The molecule has 2 rings (SSSR count). The highest BCUT2D eigenvalue weighted by Crippen LogP contribution is 2.30. The van der Waals surface area contributed by atoms with Gasteiger partial charge in [-0.05, 0) is 46.8 Å². The average molecular weight is 371 g/mol. The molecule has 0 saturated heterocycles. The summed E-state index contributed by atoms with van der Waals surface area (Å²) < 4.78 is 35.9. The number of halogens is 3. The zero-order valence-electron chi connectivity index (χ0n) is 9.62. The monoisotopic (exact) mass is 369 g/mol. The van der Waals surface area contributed by atoms with E-state index in [0.29, 0.717) is 12.5 Å². The van der Waals surface area contributed by atoms with Crippen LogP contribution in [0.25, 0.3) is 0 Å². The van der Waals surface area contributed by atoms with E-state index in [9.17, 15) is 17.6 Å². The molecule has 1 aromatic rings. The molecule has 0 spiro atoms. The van der Waals surface area contributed by atoms with Crippen LogP contribution < -0.4 is 5.32 Å². The molecule has 0 aromatic heterocycles. The van der Waals surface area contributed by atoms with Crippen molar-refractivity contribution in [1.82, 2.24) is 5.32 Å². The van der Waals surface area contributed by atoms with Crippen molar-refractivity contribution in [2.24, 2.45) is 5.92 Å². The first-order chi connectivity index (χ1) is 8.79. The number of amides is 1. The molecule has 19 heavy (non-hydrogen) atoms. The topological polar surface area (TPSA) is 63.2 Å². The summed E-state index contributed by atoms with van der Waals surface area (Å²) >= 11 is 2.80. The highest BCUT2D eigenvalue weighted by molar-refractivity contribution is 9.10. The Bertz CT molecular complexity index is 631. The summed E-state index contributed by atoms with van der Waals surface area (Å²) in [4.78, 5) is 11.3. The van der Waals surface area contributed by atoms with E-state index in [0.717, 1.165) is 25.0 Å². The van der Waals surface area contributed by atoms with Gasteiger partial charge in [0.15, 0.2) is 0 Å². The first-order valence-corrected chi connectivity index (χ1v) is 8.61. The lowest BCUT2D eigenvalue weighted by atomic mass is 10.2. The second kappa shape index (κ2) is 5.38. The van der Waals surface area contributed by atoms with E-state index < -0.39 is 25.7 Å². The maximum atomic E-state index is 13.6. The molecule has 0 unspecified atom stereocenters. The molecule has 0 heterocycles. The van der Waals surface area contributed by atoms with Crippen LogP contribution in [0.2, 0.25) is 0 Å². The zero-order chi connectivity index (χ0) is 14.2. The number of hydrogen-bond donors (Lipinski definition) is 1. The number of nitrogens with one attached hydrogen (secondary N) is 1. The SMILES string of the molecule is O=C(NCC1CC1)c1cc(F)c(Br)c(S(=O)(=O)Cl)c1. The minimum atomic E-state index is -4.13. The summed E-state index contributed by atoms with van der Waals surface area (Å²) in [5.74, 6) is -0.890. The van der Waals surface area contributed by atoms with E-state index >= 15 is 0 Å². The summed E-state index contributed by atoms with van der Waals surface area (Å²) in [7, 11) is 1.07. The van der Waals surface area contributed by atoms with Crippen molar-refractivity contribution >= 4 is 41.6 Å². The maximum Gasteiger partial charge on any atom is 0.262 e. The van der Waals surface area contributed by atoms with E-state index in [2.05, 4.69) is 21.2 Å². The van der Waals surface area contributed by atoms with Gasteiger partial charge in [-0.15, -0.1) is 0 Å². The highest BCUT2D eigenvalue weighted by Gasteiger charge is 2.24. The van der Waals surface area contributed by atoms with Crippen molar-refractivity contribution in [2.45, 2.75) is 17.7 Å². The predicted octanol–water partition coefficient (Wildman–Crippen LogP) is 2.66. The smallest absolute Gasteiger partial charge is 0.262 e. The van der Waals surface area contributed by atoms with Crippen molar-refractivity contribution in [1.29, 1.82) is 0 Å². The minimum Gasteiger partial charge on any atom is -0.352 e. The molecule has 1 saturated carbocycles. The summed E-state index contributed by atoms with van der Waals surface area (Å²) in [6.07, 6.45) is 2.13. The van der Waals surface area contributed by atoms with Crippen LogP contribution in [-0.4, -0.2) is 20.9 Å². The fourth-order valence-corrected chi connectivity index (χ4v) is 3.63. The van der Waals surface area contributed by atoms with Crippen molar-refractivity contribution in [2.75, 3.05) is 6.54 Å². The molecule has 4 nitrogen and oxygen atoms in total. The van der Waals surface area contributed by atoms with Crippen LogP contribution >= 0.6 is 26.6 Å². The van der Waals surface area contributed by atoms with Crippen molar-refractivity contribution in [3.8, 4) is 0 Å². The summed E-state index contributed by atoms with van der Waals surface area (Å²) in [5, 5.41) is 2.63. The fourth-order valence-electron chi connectivity index (χ4n) is 1.53. The van der Waals surface area contributed by atoms with Crippen molar-refractivity contribution in [3.05, 3.63) is 28.0 Å². The van der Waals surface area contributed by atoms with Crippen LogP contribution in [0.1, 0.15) is 23.2 Å². The molecule has 1 N–H and O–H groups in total. The van der Waals surface area contributed by atoms with Gasteiger partial charge in [0.05, 0.1) is 4.47 Å². The van der Waals surface area contributed by atoms with Crippen LogP contribution in [0.3, 0.4) is 0 Å². The molecule has 1 aliphatic rings. The standard InChI is InChI=1S/C11H10BrClFNO3S/c12-10-8(14)3-7(4-9(10)19(13,17)18)11(16)15-5-6-1-2-6/h3-4,6H,1-2,5H2,(H,15,16). The number of carbonyl (C=O) groups is 1. The molecule has 1 fully saturated rings. The van der Waals surface area contributed by atoms with Gasteiger partial charge in [-0.1, -0.05) is 0 Å². The molecule has 8 heteroatoms. The number of hydrogen-bond acceptors (Lipinski definition) is 3. The van der Waals surface area contributed by atoms with Gasteiger partial charge in [0.25, 0.3) is 15.0 Å². The molecule has 0 radical (unpaired) electrons. The number of carbonyl (C=O) groups excluding carboxylic acids is 1. The lowest BCUT2D eigenvalue weighted by Crippen LogP contribution is -2.25. The molecule has 1 aromatic carbocycles. The molecule has 104 valence electrons. The van der Waals surface area contributed by atoms with Gasteiger partial charge in [-0.3, -0.25) is 4.79 Å². The second-order valence-electron chi connectivity index (χ2n) is 4.36. The Morgan fingerprint density at radius 2 is 2.11 bits per heavy atom. The van der Waals surface area contributed by atoms with Gasteiger partial charge >= 0.3 is 0 Å². The van der Waals surface area contributed by atoms with Crippen molar-refractivity contribution < 1.29 is 17.6 Å². The van der Waals surface area contributed by atoms with E-state index in [1.165, 1.54) is 0 Å². The maximum absolute atomic E-state index is 13.6. The van der Waals surface area contributed by atoms with Crippen LogP contribution in [0.4, 0.5) is 4.39 Å². The minimum absolute atomic E-state index is 0.0689. The molecular weight excluding hydrogens is 361 g/mol. The fraction of sp³-hybridized carbons (Fsp3) is 0.364. The van der Waals surface area contributed by atoms with E-state index in [1.807, 2.05) is 0 Å². The van der Waals surface area contributed by atoms with Gasteiger partial charge in [0.1, 0.15) is 10.7 Å². The Morgan fingerprint density at radius 1 is 1.47 bits per heavy atom. The highest BCUT2D eigenvalue weighted by atomic mass is 79.9. The first kappa shape index (κ1) is 14.7. The van der Waals surface area contributed by atoms with Gasteiger partial charge in [-0.2, -0.15) is 0 Å². The van der Waals surface area contributed by atoms with Gasteiger partial charge in [0, 0.05) is 22.8 Å². The lowest BCUT2D eigenvalue weighted by molar-refractivity contribution is 0.0951. The molecule has 1 aliphatic carbocycles. The van der Waals surface area contributed by atoms with Crippen LogP contribution in [-0.2, 0) is 9.05 Å². The Balaban J connectivity index is 2.30. The Morgan fingerprint density at radius 3 is 2.63 bits per heavy atom. The zero-order valence-corrected chi connectivity index (χ0v) is 12.8. The van der Waals surface area contributed by atoms with E-state index in [4.69, 9.17) is 10.7 Å². The molecular formula is C11H10BrClFNO3S. The average Bonchev–Trinajstić information content (AvgIpc) is 3.11. The quantitative estimate of drug-likeness (QED) is 0.829. The lowest BCUT2D eigenvalue weighted by Gasteiger charge is -2.07. The molecule has 1 amide bonds. The van der Waals surface area contributed by atoms with Crippen LogP contribution in [0.5, 0.6) is 0 Å². The van der Waals surface area contributed by atoms with Crippen LogP contribution in [0.15, 0.2) is 21.5 Å². The second-order valence-corrected chi connectivity index (χ2v) is 7.69. The summed E-state index contributed by atoms with van der Waals surface area (Å²) in [6.45, 7) is 0.513. The van der Waals surface area contributed by atoms with Gasteiger partial charge in [0.2, 0.25) is 0 Å². The summed E-state index contributed by atoms with van der Waals surface area (Å²) in [5.41, 5.74) is -0.0689. The van der Waals surface area contributed by atoms with Gasteiger partial charge in [-0.25, -0.2) is 12.8 Å². The van der Waals surface area contributed by atoms with E-state index in [1.54, 1.807) is 0 Å². The third kappa shape index (κ3) is 3.67. The normalized spacial score (nSPS) is 15.3. The Kier molecular flexibility index (Phi) is 4.17. The molecule has 0 aliphatic heterocycles. The Labute approximate surface area is 122 Å². The largest absolute Gasteiger partial charge is 0.352 e. The Hall–Kier alpha value is -0.660. The summed E-state index contributed by atoms with van der Waals surface area (Å²) in [6, 6.07) is 2.02. The van der Waals surface area contributed by atoms with Crippen LogP contribution in [0, 0.1) is 11.7 Å². The predicted molar refractivity (Wildman–Crippen MR) is 72.2 cm³/mol. The third-order valence-electron chi connectivity index (χ3n) is 2.77. The number of rotatable bonds is 4. The molecule has 0 atom stereocenters. The number of benzene rings is 1. The van der Waals surface area contributed by atoms with Crippen molar-refractivity contribution in [3.63, 3.8) is 0 Å².